The number of benzene rings is 3. The van der Waals surface area contributed by atoms with Crippen molar-refractivity contribution < 1.29 is 14.3 Å². The van der Waals surface area contributed by atoms with E-state index in [0.29, 0.717) is 12.1 Å². The van der Waals surface area contributed by atoms with E-state index < -0.39 is 6.03 Å². The van der Waals surface area contributed by atoms with Gasteiger partial charge in [0.25, 0.3) is 5.91 Å². The van der Waals surface area contributed by atoms with E-state index in [4.69, 9.17) is 4.74 Å². The molecule has 4 aromatic rings. The number of rotatable bonds is 4. The second-order valence-electron chi connectivity index (χ2n) is 8.16. The zero-order valence-corrected chi connectivity index (χ0v) is 18.1. The summed E-state index contributed by atoms with van der Waals surface area (Å²) in [5.74, 6) is 0.580. The summed E-state index contributed by atoms with van der Waals surface area (Å²) in [5, 5.41) is 3.54. The molecule has 0 bridgehead atoms. The lowest BCUT2D eigenvalue weighted by atomic mass is 10.00. The van der Waals surface area contributed by atoms with Gasteiger partial charge >= 0.3 is 6.03 Å². The molecular formula is C26H24N4O3. The van der Waals surface area contributed by atoms with E-state index in [-0.39, 0.29) is 12.0 Å². The summed E-state index contributed by atoms with van der Waals surface area (Å²) in [5.41, 5.74) is 10.6. The molecule has 3 amide bonds. The maximum absolute atomic E-state index is 12.4. The number of ether oxygens (including phenoxy) is 1. The van der Waals surface area contributed by atoms with E-state index in [1.54, 1.807) is 6.20 Å². The lowest BCUT2D eigenvalue weighted by Crippen LogP contribution is -2.46. The molecule has 4 N–H and O–H groups in total. The van der Waals surface area contributed by atoms with Crippen LogP contribution < -0.4 is 20.9 Å². The molecule has 0 spiro atoms. The molecule has 0 fully saturated rings. The summed E-state index contributed by atoms with van der Waals surface area (Å²) in [6, 6.07) is 21.3. The van der Waals surface area contributed by atoms with Crippen molar-refractivity contribution in [3.63, 3.8) is 0 Å². The van der Waals surface area contributed by atoms with Gasteiger partial charge in [-0.15, -0.1) is 0 Å². The fourth-order valence-electron chi connectivity index (χ4n) is 4.08. The minimum Gasteiger partial charge on any atom is -0.490 e. The largest absolute Gasteiger partial charge is 0.490 e. The Morgan fingerprint density at radius 2 is 1.79 bits per heavy atom. The molecule has 1 aliphatic rings. The summed E-state index contributed by atoms with van der Waals surface area (Å²) in [6.45, 7) is 2.41. The lowest BCUT2D eigenvalue weighted by Gasteiger charge is -2.10. The van der Waals surface area contributed by atoms with Crippen LogP contribution in [0.15, 0.2) is 72.9 Å². The molecule has 1 aromatic heterocycles. The lowest BCUT2D eigenvalue weighted by molar-refractivity contribution is 0.0938. The van der Waals surface area contributed by atoms with E-state index in [0.717, 1.165) is 39.8 Å². The van der Waals surface area contributed by atoms with E-state index in [9.17, 15) is 9.59 Å². The highest BCUT2D eigenvalue weighted by atomic mass is 16.5. The van der Waals surface area contributed by atoms with Crippen molar-refractivity contribution in [1.29, 1.82) is 0 Å². The summed E-state index contributed by atoms with van der Waals surface area (Å²) >= 11 is 0. The second kappa shape index (κ2) is 8.70. The minimum absolute atomic E-state index is 0.224. The zero-order chi connectivity index (χ0) is 22.8. The number of para-hydroxylation sites is 1. The van der Waals surface area contributed by atoms with Gasteiger partial charge < -0.3 is 15.0 Å². The average molecular weight is 441 g/mol. The molecule has 5 rings (SSSR count). The normalized spacial score (nSPS) is 14.4. The minimum atomic E-state index is -0.486. The molecule has 1 atom stereocenters. The number of hydrogen-bond acceptors (Lipinski definition) is 3. The van der Waals surface area contributed by atoms with Crippen LogP contribution in [0.2, 0.25) is 0 Å². The smallest absolute Gasteiger partial charge is 0.333 e. The highest BCUT2D eigenvalue weighted by molar-refractivity contribution is 6.07. The van der Waals surface area contributed by atoms with Gasteiger partial charge in [0.1, 0.15) is 11.9 Å². The fourth-order valence-corrected chi connectivity index (χ4v) is 4.08. The Kier molecular flexibility index (Phi) is 5.44. The number of urea groups is 1. The summed E-state index contributed by atoms with van der Waals surface area (Å²) in [7, 11) is 0. The van der Waals surface area contributed by atoms with Gasteiger partial charge in [0, 0.05) is 30.1 Å². The van der Waals surface area contributed by atoms with Crippen molar-refractivity contribution in [3.8, 4) is 16.9 Å². The number of hydrazine groups is 1. The summed E-state index contributed by atoms with van der Waals surface area (Å²) in [4.78, 5) is 27.5. The number of hydrogen-bond donors (Lipinski definition) is 4. The average Bonchev–Trinajstić information content (AvgIpc) is 3.43. The van der Waals surface area contributed by atoms with Crippen LogP contribution in [0.4, 0.5) is 4.79 Å². The molecule has 33 heavy (non-hydrogen) atoms. The third-order valence-electron chi connectivity index (χ3n) is 5.76. The molecule has 0 saturated carbocycles. The Balaban J connectivity index is 1.14. The van der Waals surface area contributed by atoms with Gasteiger partial charge in [-0.1, -0.05) is 48.5 Å². The Morgan fingerprint density at radius 1 is 1.00 bits per heavy atom. The van der Waals surface area contributed by atoms with Crippen LogP contribution in [0, 0.1) is 0 Å². The zero-order valence-electron chi connectivity index (χ0n) is 18.1. The van der Waals surface area contributed by atoms with Crippen LogP contribution in [-0.4, -0.2) is 23.0 Å². The van der Waals surface area contributed by atoms with Crippen molar-refractivity contribution in [2.24, 2.45) is 0 Å². The molecule has 0 aliphatic carbocycles. The first-order valence-corrected chi connectivity index (χ1v) is 10.9. The van der Waals surface area contributed by atoms with Gasteiger partial charge in [-0.05, 0) is 47.4 Å². The van der Waals surface area contributed by atoms with Crippen LogP contribution in [0.25, 0.3) is 22.0 Å². The third-order valence-corrected chi connectivity index (χ3v) is 5.76. The van der Waals surface area contributed by atoms with Crippen LogP contribution in [0.5, 0.6) is 5.75 Å². The fraction of sp³-hybridized carbons (Fsp3) is 0.154. The molecule has 7 nitrogen and oxygen atoms in total. The predicted molar refractivity (Wildman–Crippen MR) is 127 cm³/mol. The monoisotopic (exact) mass is 440 g/mol. The number of aromatic amines is 1. The molecule has 0 saturated heterocycles. The first-order chi connectivity index (χ1) is 16.1. The molecule has 3 aromatic carbocycles. The summed E-state index contributed by atoms with van der Waals surface area (Å²) in [6.07, 6.45) is 2.77. The summed E-state index contributed by atoms with van der Waals surface area (Å²) < 4.78 is 5.77. The van der Waals surface area contributed by atoms with E-state index in [2.05, 4.69) is 40.2 Å². The molecular weight excluding hydrogens is 416 g/mol. The van der Waals surface area contributed by atoms with Crippen molar-refractivity contribution >= 4 is 22.8 Å². The number of aromatic nitrogens is 1. The number of fused-ring (bicyclic) bond motifs is 2. The SMILES string of the molecule is CC1Cc2cc(-c3ccc(CNC(=O)NNC(=O)c4c[nH]c5ccccc45)cc3)ccc2O1. The molecule has 7 heteroatoms. The maximum atomic E-state index is 12.4. The van der Waals surface area contributed by atoms with Crippen molar-refractivity contribution in [1.82, 2.24) is 21.2 Å². The van der Waals surface area contributed by atoms with Gasteiger partial charge in [0.05, 0.1) is 5.56 Å². The number of carbonyl (C=O) groups excluding carboxylic acids is 2. The van der Waals surface area contributed by atoms with Crippen LogP contribution in [-0.2, 0) is 13.0 Å². The van der Waals surface area contributed by atoms with Crippen molar-refractivity contribution in [2.75, 3.05) is 0 Å². The van der Waals surface area contributed by atoms with Crippen molar-refractivity contribution in [2.45, 2.75) is 26.0 Å². The van der Waals surface area contributed by atoms with Crippen molar-refractivity contribution in [3.05, 3.63) is 89.6 Å². The first-order valence-electron chi connectivity index (χ1n) is 10.9. The molecule has 166 valence electrons. The van der Waals surface area contributed by atoms with Gasteiger partial charge in [-0.25, -0.2) is 10.2 Å². The highest BCUT2D eigenvalue weighted by Gasteiger charge is 2.19. The Labute approximate surface area is 191 Å². The van der Waals surface area contributed by atoms with Gasteiger partial charge in [-0.2, -0.15) is 0 Å². The Hall–Kier alpha value is -4.26. The number of nitrogens with one attached hydrogen (secondary N) is 4. The number of carbonyl (C=O) groups is 2. The highest BCUT2D eigenvalue weighted by Crippen LogP contribution is 2.32. The Bertz CT molecular complexity index is 1330. The van der Waals surface area contributed by atoms with E-state index >= 15 is 0 Å². The van der Waals surface area contributed by atoms with Gasteiger partial charge in [0.2, 0.25) is 0 Å². The standard InChI is InChI=1S/C26H24N4O3/c1-16-12-20-13-19(10-11-24(20)33-16)18-8-6-17(7-9-18)14-28-26(32)30-29-25(31)22-15-27-23-5-3-2-4-21(22)23/h2-11,13,15-16,27H,12,14H2,1H3,(H,29,31)(H2,28,30,32). The van der Waals surface area contributed by atoms with Crippen LogP contribution in [0.3, 0.4) is 0 Å². The first kappa shape index (κ1) is 20.6. The van der Waals surface area contributed by atoms with Gasteiger partial charge in [0.15, 0.2) is 0 Å². The third kappa shape index (κ3) is 4.39. The number of H-pyrrole nitrogens is 1. The van der Waals surface area contributed by atoms with Crippen LogP contribution >= 0.6 is 0 Å². The maximum Gasteiger partial charge on any atom is 0.333 e. The second-order valence-corrected chi connectivity index (χ2v) is 8.16. The molecule has 2 heterocycles. The van der Waals surface area contributed by atoms with E-state index in [1.165, 1.54) is 5.56 Å². The molecule has 0 radical (unpaired) electrons. The Morgan fingerprint density at radius 3 is 2.64 bits per heavy atom. The quantitative estimate of drug-likeness (QED) is 0.356. The molecule has 1 aliphatic heterocycles. The van der Waals surface area contributed by atoms with Gasteiger partial charge in [-0.3, -0.25) is 10.2 Å². The van der Waals surface area contributed by atoms with E-state index in [1.807, 2.05) is 54.6 Å². The predicted octanol–water partition coefficient (Wildman–Crippen LogP) is 4.30. The number of amides is 3. The molecule has 1 unspecified atom stereocenters. The van der Waals surface area contributed by atoms with Crippen LogP contribution in [0.1, 0.15) is 28.4 Å². The topological polar surface area (TPSA) is 95.3 Å².